The van der Waals surface area contributed by atoms with Gasteiger partial charge < -0.3 is 19.5 Å². The molecule has 2 aromatic rings. The monoisotopic (exact) mass is 393 g/mol. The quantitative estimate of drug-likeness (QED) is 0.795. The predicted octanol–water partition coefficient (Wildman–Crippen LogP) is 4.25. The molecule has 0 saturated carbocycles. The number of nitrogens with zero attached hydrogens (tertiary/aromatic N) is 1. The summed E-state index contributed by atoms with van der Waals surface area (Å²) in [7, 11) is 1.66. The van der Waals surface area contributed by atoms with Crippen molar-refractivity contribution in [2.24, 2.45) is 0 Å². The van der Waals surface area contributed by atoms with Gasteiger partial charge in [0.05, 0.1) is 13.7 Å². The smallest absolute Gasteiger partial charge is 0.303 e. The lowest BCUT2D eigenvalue weighted by Gasteiger charge is -2.39. The lowest BCUT2D eigenvalue weighted by Crippen LogP contribution is -2.51. The summed E-state index contributed by atoms with van der Waals surface area (Å²) in [5.74, 6) is 0.0640. The van der Waals surface area contributed by atoms with Gasteiger partial charge >= 0.3 is 5.97 Å². The first kappa shape index (κ1) is 19.5. The van der Waals surface area contributed by atoms with Crippen molar-refractivity contribution in [3.8, 4) is 5.75 Å². The highest BCUT2D eigenvalue weighted by Crippen LogP contribution is 2.55. The fourth-order valence-corrected chi connectivity index (χ4v) is 4.54. The molecule has 0 aliphatic carbocycles. The van der Waals surface area contributed by atoms with E-state index in [2.05, 4.69) is 43.0 Å². The molecular formula is C24H27NO4. The van der Waals surface area contributed by atoms with Gasteiger partial charge in [-0.3, -0.25) is 4.79 Å². The Hall–Kier alpha value is -2.79. The van der Waals surface area contributed by atoms with Gasteiger partial charge in [-0.15, -0.1) is 0 Å². The third-order valence-corrected chi connectivity index (χ3v) is 6.20. The maximum atomic E-state index is 11.0. The summed E-state index contributed by atoms with van der Waals surface area (Å²) in [5, 5.41) is 9.01. The zero-order chi connectivity index (χ0) is 20.6. The van der Waals surface area contributed by atoms with Crippen LogP contribution in [0.5, 0.6) is 5.75 Å². The van der Waals surface area contributed by atoms with Gasteiger partial charge in [0.2, 0.25) is 0 Å². The Balaban J connectivity index is 1.68. The van der Waals surface area contributed by atoms with Crippen LogP contribution in [0.4, 0.5) is 5.69 Å². The van der Waals surface area contributed by atoms with Crippen LogP contribution in [0.25, 0.3) is 6.08 Å². The maximum absolute atomic E-state index is 11.0. The summed E-state index contributed by atoms with van der Waals surface area (Å²) in [6.45, 7) is 5.92. The number of ether oxygens (including phenoxy) is 2. The molecule has 0 bridgehead atoms. The second-order valence-electron chi connectivity index (χ2n) is 8.17. The Morgan fingerprint density at radius 2 is 2.00 bits per heavy atom. The van der Waals surface area contributed by atoms with Gasteiger partial charge in [0, 0.05) is 24.1 Å². The molecule has 5 nitrogen and oxygen atoms in total. The minimum absolute atomic E-state index is 0.141. The van der Waals surface area contributed by atoms with Gasteiger partial charge in [-0.25, -0.2) is 0 Å². The van der Waals surface area contributed by atoms with E-state index in [1.54, 1.807) is 7.11 Å². The zero-order valence-electron chi connectivity index (χ0n) is 17.1. The van der Waals surface area contributed by atoms with E-state index in [9.17, 15) is 4.79 Å². The van der Waals surface area contributed by atoms with E-state index in [0.717, 1.165) is 23.4 Å². The molecule has 1 N–H and O–H groups in total. The van der Waals surface area contributed by atoms with E-state index < -0.39 is 11.7 Å². The number of aliphatic carboxylic acids is 1. The van der Waals surface area contributed by atoms with Crippen molar-refractivity contribution in [3.05, 3.63) is 65.2 Å². The summed E-state index contributed by atoms with van der Waals surface area (Å²) in [4.78, 5) is 13.3. The molecule has 2 aromatic carbocycles. The number of rotatable bonds is 6. The molecule has 152 valence electrons. The van der Waals surface area contributed by atoms with Crippen LogP contribution in [-0.2, 0) is 21.4 Å². The third kappa shape index (κ3) is 3.19. The predicted molar refractivity (Wildman–Crippen MR) is 113 cm³/mol. The first-order valence-corrected chi connectivity index (χ1v) is 9.97. The summed E-state index contributed by atoms with van der Waals surface area (Å²) >= 11 is 0. The molecule has 2 heterocycles. The van der Waals surface area contributed by atoms with Crippen molar-refractivity contribution in [2.75, 3.05) is 25.2 Å². The molecule has 1 unspecified atom stereocenters. The Kier molecular flexibility index (Phi) is 4.87. The average molecular weight is 393 g/mol. The molecule has 1 fully saturated rings. The van der Waals surface area contributed by atoms with Crippen LogP contribution in [0.15, 0.2) is 48.5 Å². The SMILES string of the molecule is COc1ccc(/C=C/C23OCCN2c2ccc(CCC(=O)O)cc2C3(C)C)cc1. The number of carboxylic acids is 1. The molecular weight excluding hydrogens is 366 g/mol. The number of fused-ring (bicyclic) bond motifs is 3. The van der Waals surface area contributed by atoms with Gasteiger partial charge in [-0.1, -0.05) is 44.2 Å². The number of carbonyl (C=O) groups is 1. The lowest BCUT2D eigenvalue weighted by molar-refractivity contribution is -0.136. The second-order valence-corrected chi connectivity index (χ2v) is 8.17. The van der Waals surface area contributed by atoms with Crippen molar-refractivity contribution in [1.82, 2.24) is 0 Å². The minimum Gasteiger partial charge on any atom is -0.497 e. The molecule has 0 aromatic heterocycles. The number of hydrogen-bond acceptors (Lipinski definition) is 4. The topological polar surface area (TPSA) is 59.0 Å². The largest absolute Gasteiger partial charge is 0.497 e. The molecule has 1 saturated heterocycles. The highest BCUT2D eigenvalue weighted by atomic mass is 16.5. The van der Waals surface area contributed by atoms with Crippen molar-refractivity contribution in [3.63, 3.8) is 0 Å². The Morgan fingerprint density at radius 3 is 2.69 bits per heavy atom. The number of aryl methyl sites for hydroxylation is 1. The summed E-state index contributed by atoms with van der Waals surface area (Å²) < 4.78 is 11.6. The first-order chi connectivity index (χ1) is 13.9. The Labute approximate surface area is 171 Å². The number of hydrogen-bond donors (Lipinski definition) is 1. The molecule has 2 aliphatic heterocycles. The van der Waals surface area contributed by atoms with Crippen LogP contribution in [0, 0.1) is 0 Å². The van der Waals surface area contributed by atoms with E-state index >= 15 is 0 Å². The number of benzene rings is 2. The van der Waals surface area contributed by atoms with Crippen LogP contribution in [0.3, 0.4) is 0 Å². The van der Waals surface area contributed by atoms with Crippen LogP contribution in [0.1, 0.15) is 37.0 Å². The van der Waals surface area contributed by atoms with Crippen LogP contribution in [-0.4, -0.2) is 37.1 Å². The Bertz CT molecular complexity index is 948. The molecule has 5 heteroatoms. The van der Waals surface area contributed by atoms with Gasteiger partial charge in [0.1, 0.15) is 5.75 Å². The zero-order valence-corrected chi connectivity index (χ0v) is 17.1. The minimum atomic E-state index is -0.771. The van der Waals surface area contributed by atoms with Crippen molar-refractivity contribution in [1.29, 1.82) is 0 Å². The average Bonchev–Trinajstić information content (AvgIpc) is 3.22. The van der Waals surface area contributed by atoms with Gasteiger partial charge in [-0.2, -0.15) is 0 Å². The third-order valence-electron chi connectivity index (χ3n) is 6.20. The molecule has 29 heavy (non-hydrogen) atoms. The fourth-order valence-electron chi connectivity index (χ4n) is 4.54. The molecule has 1 atom stereocenters. The Morgan fingerprint density at radius 1 is 1.24 bits per heavy atom. The summed E-state index contributed by atoms with van der Waals surface area (Å²) in [6, 6.07) is 14.3. The number of carboxylic acid groups (broad SMARTS) is 1. The molecule has 4 rings (SSSR count). The summed E-state index contributed by atoms with van der Waals surface area (Å²) in [5.41, 5.74) is 3.69. The standard InChI is InChI=1S/C24H27NO4/c1-23(2)20-16-18(7-11-22(26)27)6-10-21(20)25-14-15-29-24(23,25)13-12-17-4-8-19(28-3)9-5-17/h4-6,8-10,12-13,16H,7,11,14-15H2,1-3H3,(H,26,27)/b13-12+. The van der Waals surface area contributed by atoms with E-state index in [1.165, 1.54) is 11.3 Å². The normalized spacial score (nSPS) is 22.0. The second kappa shape index (κ2) is 7.23. The van der Waals surface area contributed by atoms with Crippen molar-refractivity contribution in [2.45, 2.75) is 37.8 Å². The van der Waals surface area contributed by atoms with Crippen LogP contribution >= 0.6 is 0 Å². The first-order valence-electron chi connectivity index (χ1n) is 9.97. The molecule has 0 radical (unpaired) electrons. The highest BCUT2D eigenvalue weighted by molar-refractivity contribution is 5.71. The van der Waals surface area contributed by atoms with Gasteiger partial charge in [0.15, 0.2) is 5.72 Å². The fraction of sp³-hybridized carbons (Fsp3) is 0.375. The highest BCUT2D eigenvalue weighted by Gasteiger charge is 2.59. The van der Waals surface area contributed by atoms with Crippen LogP contribution in [0.2, 0.25) is 0 Å². The molecule has 0 spiro atoms. The van der Waals surface area contributed by atoms with Gasteiger partial charge in [0.25, 0.3) is 0 Å². The van der Waals surface area contributed by atoms with Crippen LogP contribution < -0.4 is 9.64 Å². The van der Waals surface area contributed by atoms with Gasteiger partial charge in [-0.05, 0) is 47.4 Å². The maximum Gasteiger partial charge on any atom is 0.303 e. The van der Waals surface area contributed by atoms with E-state index in [0.29, 0.717) is 13.0 Å². The van der Waals surface area contributed by atoms with E-state index in [-0.39, 0.29) is 11.8 Å². The van der Waals surface area contributed by atoms with Crippen molar-refractivity contribution >= 4 is 17.7 Å². The number of methoxy groups -OCH3 is 1. The number of anilines is 1. The van der Waals surface area contributed by atoms with E-state index in [1.807, 2.05) is 30.3 Å². The lowest BCUT2D eigenvalue weighted by atomic mass is 9.76. The van der Waals surface area contributed by atoms with E-state index in [4.69, 9.17) is 14.6 Å². The molecule has 2 aliphatic rings. The molecule has 0 amide bonds. The summed E-state index contributed by atoms with van der Waals surface area (Å²) in [6.07, 6.45) is 4.95. The van der Waals surface area contributed by atoms with Crippen molar-refractivity contribution < 1.29 is 19.4 Å².